The van der Waals surface area contributed by atoms with Gasteiger partial charge in [0.25, 0.3) is 0 Å². The van der Waals surface area contributed by atoms with Crippen molar-refractivity contribution >= 4 is 28.5 Å². The fraction of sp³-hybridized carbons (Fsp3) is 0.200. The quantitative estimate of drug-likeness (QED) is 0.396. The zero-order valence-electron chi connectivity index (χ0n) is 17.2. The summed E-state index contributed by atoms with van der Waals surface area (Å²) < 4.78 is 5.80. The molecule has 0 saturated carbocycles. The van der Waals surface area contributed by atoms with E-state index in [1.54, 1.807) is 30.3 Å². The van der Waals surface area contributed by atoms with E-state index < -0.39 is 18.2 Å². The van der Waals surface area contributed by atoms with Crippen LogP contribution in [0, 0.1) is 5.92 Å². The van der Waals surface area contributed by atoms with Crippen molar-refractivity contribution in [3.05, 3.63) is 84.4 Å². The number of ether oxygens (including phenoxy) is 1. The number of benzene rings is 3. The largest absolute Gasteiger partial charge is 0.508 e. The zero-order chi connectivity index (χ0) is 22.2. The maximum atomic E-state index is 12.8. The molecule has 0 radical (unpaired) electrons. The predicted octanol–water partition coefficient (Wildman–Crippen LogP) is 5.89. The second-order valence-electron chi connectivity index (χ2n) is 7.36. The molecule has 0 aliphatic heterocycles. The molecule has 0 aliphatic carbocycles. The highest BCUT2D eigenvalue weighted by molar-refractivity contribution is 6.00. The van der Waals surface area contributed by atoms with Crippen molar-refractivity contribution in [1.29, 1.82) is 0 Å². The average molecular weight is 419 g/mol. The number of nitrogens with one attached hydrogen (secondary N) is 1. The Morgan fingerprint density at radius 2 is 1.74 bits per heavy atom. The number of fused-ring (bicyclic) bond motifs is 1. The summed E-state index contributed by atoms with van der Waals surface area (Å²) in [5.74, 6) is -0.950. The minimum atomic E-state index is -0.992. The standard InChI is InChI=1S/C25H25NO5/c1-17(7-2-5-12-23(28)29)24(19-13-15-20(27)16-14-19)31-25(30)26-22-11-6-9-18-8-3-4-10-21(18)22/h3-6,8-17,24,27H,2,7H2,1H3,(H,26,30)(H,28,29)/b12-5+/t17-,24+/m1/s1. The van der Waals surface area contributed by atoms with Gasteiger partial charge in [-0.05, 0) is 47.9 Å². The lowest BCUT2D eigenvalue weighted by atomic mass is 9.93. The van der Waals surface area contributed by atoms with Crippen LogP contribution >= 0.6 is 0 Å². The Labute approximate surface area is 180 Å². The molecule has 3 aromatic carbocycles. The summed E-state index contributed by atoms with van der Waals surface area (Å²) in [5.41, 5.74) is 1.41. The highest BCUT2D eigenvalue weighted by atomic mass is 16.6. The predicted molar refractivity (Wildman–Crippen MR) is 120 cm³/mol. The van der Waals surface area contributed by atoms with Gasteiger partial charge >= 0.3 is 12.1 Å². The highest BCUT2D eigenvalue weighted by Gasteiger charge is 2.24. The van der Waals surface area contributed by atoms with Gasteiger partial charge in [-0.3, -0.25) is 5.32 Å². The van der Waals surface area contributed by atoms with Crippen LogP contribution in [0.2, 0.25) is 0 Å². The van der Waals surface area contributed by atoms with Crippen molar-refractivity contribution in [1.82, 2.24) is 0 Å². The van der Waals surface area contributed by atoms with Crippen molar-refractivity contribution in [2.24, 2.45) is 5.92 Å². The van der Waals surface area contributed by atoms with Crippen LogP contribution in [0.4, 0.5) is 10.5 Å². The van der Waals surface area contributed by atoms with E-state index in [1.165, 1.54) is 0 Å². The molecule has 1 amide bonds. The highest BCUT2D eigenvalue weighted by Crippen LogP contribution is 2.31. The number of carbonyl (C=O) groups is 2. The summed E-state index contributed by atoms with van der Waals surface area (Å²) in [4.78, 5) is 23.4. The lowest BCUT2D eigenvalue weighted by molar-refractivity contribution is -0.131. The van der Waals surface area contributed by atoms with Gasteiger partial charge in [-0.15, -0.1) is 0 Å². The first-order valence-electron chi connectivity index (χ1n) is 10.1. The average Bonchev–Trinajstić information content (AvgIpc) is 2.76. The molecule has 0 bridgehead atoms. The van der Waals surface area contributed by atoms with E-state index in [0.29, 0.717) is 18.5 Å². The Hall–Kier alpha value is -3.80. The Balaban J connectivity index is 1.76. The fourth-order valence-electron chi connectivity index (χ4n) is 3.46. The van der Waals surface area contributed by atoms with E-state index in [2.05, 4.69) is 5.32 Å². The number of rotatable bonds is 8. The van der Waals surface area contributed by atoms with Crippen LogP contribution < -0.4 is 5.32 Å². The monoisotopic (exact) mass is 419 g/mol. The smallest absolute Gasteiger partial charge is 0.412 e. The number of aromatic hydroxyl groups is 1. The van der Waals surface area contributed by atoms with E-state index >= 15 is 0 Å². The van der Waals surface area contributed by atoms with Crippen LogP contribution in [0.25, 0.3) is 10.8 Å². The zero-order valence-corrected chi connectivity index (χ0v) is 17.2. The fourth-order valence-corrected chi connectivity index (χ4v) is 3.46. The van der Waals surface area contributed by atoms with E-state index in [4.69, 9.17) is 9.84 Å². The van der Waals surface area contributed by atoms with Crippen molar-refractivity contribution < 1.29 is 24.5 Å². The number of anilines is 1. The number of carboxylic acids is 1. The Bertz CT molecular complexity index is 1070. The van der Waals surface area contributed by atoms with Gasteiger partial charge in [-0.25, -0.2) is 9.59 Å². The summed E-state index contributed by atoms with van der Waals surface area (Å²) in [6, 6.07) is 19.9. The molecule has 0 fully saturated rings. The Morgan fingerprint density at radius 3 is 2.48 bits per heavy atom. The number of carbonyl (C=O) groups excluding carboxylic acids is 1. The van der Waals surface area contributed by atoms with Gasteiger partial charge < -0.3 is 14.9 Å². The van der Waals surface area contributed by atoms with Crippen LogP contribution in [-0.4, -0.2) is 22.3 Å². The van der Waals surface area contributed by atoms with Gasteiger partial charge in [0.1, 0.15) is 11.9 Å². The van der Waals surface area contributed by atoms with Gasteiger partial charge in [-0.2, -0.15) is 0 Å². The molecule has 0 aromatic heterocycles. The maximum absolute atomic E-state index is 12.8. The summed E-state index contributed by atoms with van der Waals surface area (Å²) in [6.45, 7) is 1.94. The normalized spacial score (nSPS) is 13.1. The summed E-state index contributed by atoms with van der Waals surface area (Å²) in [6.07, 6.45) is 2.71. The Kier molecular flexibility index (Phi) is 7.27. The first-order chi connectivity index (χ1) is 14.9. The minimum absolute atomic E-state index is 0.0822. The first-order valence-corrected chi connectivity index (χ1v) is 10.1. The van der Waals surface area contributed by atoms with E-state index in [9.17, 15) is 14.7 Å². The number of aliphatic carboxylic acids is 1. The van der Waals surface area contributed by atoms with Crippen molar-refractivity contribution in [2.75, 3.05) is 5.32 Å². The summed E-state index contributed by atoms with van der Waals surface area (Å²) in [5, 5.41) is 23.1. The van der Waals surface area contributed by atoms with Crippen molar-refractivity contribution in [3.63, 3.8) is 0 Å². The first kappa shape index (κ1) is 21.9. The summed E-state index contributed by atoms with van der Waals surface area (Å²) in [7, 11) is 0. The van der Waals surface area contributed by atoms with Crippen LogP contribution in [-0.2, 0) is 9.53 Å². The van der Waals surface area contributed by atoms with Crippen molar-refractivity contribution in [3.8, 4) is 5.75 Å². The second-order valence-corrected chi connectivity index (χ2v) is 7.36. The molecule has 3 N–H and O–H groups in total. The number of hydrogen-bond donors (Lipinski definition) is 3. The lowest BCUT2D eigenvalue weighted by Gasteiger charge is -2.25. The van der Waals surface area contributed by atoms with Crippen molar-refractivity contribution in [2.45, 2.75) is 25.9 Å². The number of phenols is 1. The number of carboxylic acid groups (broad SMARTS) is 1. The third-order valence-corrected chi connectivity index (χ3v) is 5.05. The van der Waals surface area contributed by atoms with Gasteiger partial charge in [0.05, 0.1) is 5.69 Å². The molecule has 6 nitrogen and oxygen atoms in total. The molecule has 3 rings (SSSR count). The molecule has 31 heavy (non-hydrogen) atoms. The molecular formula is C25H25NO5. The number of phenolic OH excluding ortho intramolecular Hbond substituents is 1. The number of hydrogen-bond acceptors (Lipinski definition) is 4. The molecular weight excluding hydrogens is 394 g/mol. The molecule has 0 saturated heterocycles. The molecule has 0 spiro atoms. The molecule has 0 aliphatic rings. The second kappa shape index (κ2) is 10.3. The van der Waals surface area contributed by atoms with Gasteiger partial charge in [0.15, 0.2) is 0 Å². The van der Waals surface area contributed by atoms with Gasteiger partial charge in [-0.1, -0.05) is 61.5 Å². The van der Waals surface area contributed by atoms with E-state index in [1.807, 2.05) is 49.4 Å². The molecule has 2 atom stereocenters. The minimum Gasteiger partial charge on any atom is -0.508 e. The number of allylic oxidation sites excluding steroid dienone is 1. The molecule has 6 heteroatoms. The molecule has 0 heterocycles. The molecule has 3 aromatic rings. The topological polar surface area (TPSA) is 95.9 Å². The van der Waals surface area contributed by atoms with E-state index in [-0.39, 0.29) is 11.7 Å². The van der Waals surface area contributed by atoms with Gasteiger partial charge in [0.2, 0.25) is 0 Å². The van der Waals surface area contributed by atoms with Crippen LogP contribution in [0.3, 0.4) is 0 Å². The van der Waals surface area contributed by atoms with Crippen LogP contribution in [0.1, 0.15) is 31.4 Å². The summed E-state index contributed by atoms with van der Waals surface area (Å²) >= 11 is 0. The SMILES string of the molecule is C[C@H](CC/C=C/C(=O)O)[C@H](OC(=O)Nc1cccc2ccccc12)c1ccc(O)cc1. The van der Waals surface area contributed by atoms with Crippen LogP contribution in [0.5, 0.6) is 5.75 Å². The lowest BCUT2D eigenvalue weighted by Crippen LogP contribution is -2.22. The molecule has 0 unspecified atom stereocenters. The van der Waals surface area contributed by atoms with Crippen LogP contribution in [0.15, 0.2) is 78.9 Å². The number of amides is 1. The third kappa shape index (κ3) is 6.09. The van der Waals surface area contributed by atoms with E-state index in [0.717, 1.165) is 22.4 Å². The van der Waals surface area contributed by atoms with Gasteiger partial charge in [0, 0.05) is 11.5 Å². The molecule has 160 valence electrons. The maximum Gasteiger partial charge on any atom is 0.412 e. The Morgan fingerprint density at radius 1 is 1.03 bits per heavy atom. The third-order valence-electron chi connectivity index (χ3n) is 5.05.